The first-order valence-electron chi connectivity index (χ1n) is 5.07. The number of hydrogen-bond donors (Lipinski definition) is 1. The standard InChI is InChI=1S/C11H13Br2NO/c12-9-2-1-3-10(13)11(9)15-7-6-14-8-4-5-8/h1-3,8,14H,4-7H2. The Balaban J connectivity index is 1.80. The highest BCUT2D eigenvalue weighted by Crippen LogP contribution is 2.32. The average Bonchev–Trinajstić information content (AvgIpc) is 3.00. The molecule has 0 amide bonds. The fraction of sp³-hybridized carbons (Fsp3) is 0.455. The minimum atomic E-state index is 0.706. The molecule has 0 aromatic heterocycles. The van der Waals surface area contributed by atoms with Crippen LogP contribution in [0.25, 0.3) is 0 Å². The third-order valence-corrected chi connectivity index (χ3v) is 3.53. The monoisotopic (exact) mass is 333 g/mol. The van der Waals surface area contributed by atoms with Gasteiger partial charge in [-0.25, -0.2) is 0 Å². The summed E-state index contributed by atoms with van der Waals surface area (Å²) in [5, 5.41) is 3.41. The molecule has 0 unspecified atom stereocenters. The minimum Gasteiger partial charge on any atom is -0.490 e. The lowest BCUT2D eigenvalue weighted by molar-refractivity contribution is 0.310. The summed E-state index contributed by atoms with van der Waals surface area (Å²) >= 11 is 6.93. The van der Waals surface area contributed by atoms with Crippen molar-refractivity contribution in [3.05, 3.63) is 27.1 Å². The summed E-state index contributed by atoms with van der Waals surface area (Å²) in [5.41, 5.74) is 0. The second-order valence-electron chi connectivity index (χ2n) is 3.63. The van der Waals surface area contributed by atoms with Gasteiger partial charge in [0.15, 0.2) is 0 Å². The molecule has 0 aliphatic heterocycles. The second-order valence-corrected chi connectivity index (χ2v) is 5.34. The van der Waals surface area contributed by atoms with Crippen molar-refractivity contribution in [3.63, 3.8) is 0 Å². The van der Waals surface area contributed by atoms with Crippen LogP contribution in [0.1, 0.15) is 12.8 Å². The Labute approximate surface area is 107 Å². The number of para-hydroxylation sites is 1. The molecule has 4 heteroatoms. The maximum absolute atomic E-state index is 5.69. The van der Waals surface area contributed by atoms with Gasteiger partial charge in [-0.2, -0.15) is 0 Å². The topological polar surface area (TPSA) is 21.3 Å². The van der Waals surface area contributed by atoms with Crippen LogP contribution in [0.3, 0.4) is 0 Å². The van der Waals surface area contributed by atoms with E-state index < -0.39 is 0 Å². The van der Waals surface area contributed by atoms with Crippen molar-refractivity contribution < 1.29 is 4.74 Å². The second kappa shape index (κ2) is 5.32. The molecule has 0 heterocycles. The third kappa shape index (κ3) is 3.47. The summed E-state index contributed by atoms with van der Waals surface area (Å²) in [4.78, 5) is 0. The molecule has 1 fully saturated rings. The Kier molecular flexibility index (Phi) is 4.05. The van der Waals surface area contributed by atoms with E-state index in [0.29, 0.717) is 6.61 Å². The Morgan fingerprint density at radius 2 is 1.93 bits per heavy atom. The Morgan fingerprint density at radius 3 is 2.53 bits per heavy atom. The fourth-order valence-electron chi connectivity index (χ4n) is 1.32. The molecule has 1 N–H and O–H groups in total. The molecule has 0 bridgehead atoms. The van der Waals surface area contributed by atoms with Crippen LogP contribution in [0.5, 0.6) is 5.75 Å². The van der Waals surface area contributed by atoms with Crippen molar-refractivity contribution in [2.24, 2.45) is 0 Å². The molecule has 1 aliphatic carbocycles. The SMILES string of the molecule is Brc1cccc(Br)c1OCCNC1CC1. The third-order valence-electron chi connectivity index (χ3n) is 2.28. The van der Waals surface area contributed by atoms with E-state index in [0.717, 1.165) is 27.3 Å². The van der Waals surface area contributed by atoms with E-state index in [1.807, 2.05) is 18.2 Å². The smallest absolute Gasteiger partial charge is 0.147 e. The molecule has 1 aromatic carbocycles. The van der Waals surface area contributed by atoms with E-state index in [9.17, 15) is 0 Å². The summed E-state index contributed by atoms with van der Waals surface area (Å²) in [7, 11) is 0. The number of nitrogens with one attached hydrogen (secondary N) is 1. The molecule has 2 rings (SSSR count). The fourth-order valence-corrected chi connectivity index (χ4v) is 2.55. The Morgan fingerprint density at radius 1 is 1.27 bits per heavy atom. The zero-order valence-electron chi connectivity index (χ0n) is 8.30. The van der Waals surface area contributed by atoms with Crippen molar-refractivity contribution in [2.75, 3.05) is 13.2 Å². The summed E-state index contributed by atoms with van der Waals surface area (Å²) in [6.45, 7) is 1.62. The lowest BCUT2D eigenvalue weighted by atomic mass is 10.3. The highest BCUT2D eigenvalue weighted by Gasteiger charge is 2.19. The molecule has 1 aromatic rings. The van der Waals surface area contributed by atoms with E-state index in [2.05, 4.69) is 37.2 Å². The molecular formula is C11H13Br2NO. The van der Waals surface area contributed by atoms with Gasteiger partial charge in [0.2, 0.25) is 0 Å². The summed E-state index contributed by atoms with van der Waals surface area (Å²) < 4.78 is 7.67. The molecule has 15 heavy (non-hydrogen) atoms. The maximum atomic E-state index is 5.69. The van der Waals surface area contributed by atoms with Crippen LogP contribution in [0.2, 0.25) is 0 Å². The zero-order chi connectivity index (χ0) is 10.7. The minimum absolute atomic E-state index is 0.706. The van der Waals surface area contributed by atoms with Gasteiger partial charge >= 0.3 is 0 Å². The summed E-state index contributed by atoms with van der Waals surface area (Å²) in [6.07, 6.45) is 2.64. The first-order valence-corrected chi connectivity index (χ1v) is 6.66. The van der Waals surface area contributed by atoms with Gasteiger partial charge in [-0.15, -0.1) is 0 Å². The largest absolute Gasteiger partial charge is 0.490 e. The average molecular weight is 335 g/mol. The molecule has 1 aliphatic rings. The molecular weight excluding hydrogens is 322 g/mol. The summed E-state index contributed by atoms with van der Waals surface area (Å²) in [6, 6.07) is 6.68. The van der Waals surface area contributed by atoms with Crippen molar-refractivity contribution >= 4 is 31.9 Å². The predicted molar refractivity (Wildman–Crippen MR) is 68.4 cm³/mol. The van der Waals surface area contributed by atoms with E-state index in [-0.39, 0.29) is 0 Å². The van der Waals surface area contributed by atoms with Crippen LogP contribution in [0.4, 0.5) is 0 Å². The number of benzene rings is 1. The van der Waals surface area contributed by atoms with E-state index in [4.69, 9.17) is 4.74 Å². The Hall–Kier alpha value is -0.0600. The highest BCUT2D eigenvalue weighted by atomic mass is 79.9. The van der Waals surface area contributed by atoms with Crippen LogP contribution in [0.15, 0.2) is 27.1 Å². The normalized spacial score (nSPS) is 15.3. The first kappa shape index (κ1) is 11.4. The van der Waals surface area contributed by atoms with E-state index in [1.165, 1.54) is 12.8 Å². The summed E-state index contributed by atoms with van der Waals surface area (Å²) in [5.74, 6) is 0.884. The molecule has 82 valence electrons. The van der Waals surface area contributed by atoms with Crippen LogP contribution < -0.4 is 10.1 Å². The quantitative estimate of drug-likeness (QED) is 0.834. The van der Waals surface area contributed by atoms with Gasteiger partial charge in [-0.1, -0.05) is 6.07 Å². The van der Waals surface area contributed by atoms with Crippen molar-refractivity contribution in [1.82, 2.24) is 5.32 Å². The van der Waals surface area contributed by atoms with Crippen molar-refractivity contribution in [1.29, 1.82) is 0 Å². The van der Waals surface area contributed by atoms with Crippen LogP contribution in [-0.2, 0) is 0 Å². The Bertz CT molecular complexity index is 319. The zero-order valence-corrected chi connectivity index (χ0v) is 11.5. The van der Waals surface area contributed by atoms with Gasteiger partial charge in [0, 0.05) is 12.6 Å². The van der Waals surface area contributed by atoms with E-state index >= 15 is 0 Å². The van der Waals surface area contributed by atoms with Gasteiger partial charge in [-0.3, -0.25) is 0 Å². The molecule has 0 saturated heterocycles. The van der Waals surface area contributed by atoms with Gasteiger partial charge in [-0.05, 0) is 56.8 Å². The van der Waals surface area contributed by atoms with Gasteiger partial charge in [0.1, 0.15) is 12.4 Å². The highest BCUT2D eigenvalue weighted by molar-refractivity contribution is 9.11. The van der Waals surface area contributed by atoms with Crippen LogP contribution >= 0.6 is 31.9 Å². The van der Waals surface area contributed by atoms with Crippen LogP contribution in [-0.4, -0.2) is 19.2 Å². The van der Waals surface area contributed by atoms with Crippen molar-refractivity contribution in [3.8, 4) is 5.75 Å². The van der Waals surface area contributed by atoms with Crippen LogP contribution in [0, 0.1) is 0 Å². The number of rotatable bonds is 5. The number of ether oxygens (including phenoxy) is 1. The number of hydrogen-bond acceptors (Lipinski definition) is 2. The molecule has 2 nitrogen and oxygen atoms in total. The molecule has 0 radical (unpaired) electrons. The predicted octanol–water partition coefficient (Wildman–Crippen LogP) is 3.34. The first-order chi connectivity index (χ1) is 7.27. The molecule has 1 saturated carbocycles. The van der Waals surface area contributed by atoms with E-state index in [1.54, 1.807) is 0 Å². The molecule has 0 spiro atoms. The molecule has 0 atom stereocenters. The van der Waals surface area contributed by atoms with Gasteiger partial charge in [0.05, 0.1) is 8.95 Å². The van der Waals surface area contributed by atoms with Gasteiger partial charge in [0.25, 0.3) is 0 Å². The maximum Gasteiger partial charge on any atom is 0.147 e. The van der Waals surface area contributed by atoms with Crippen molar-refractivity contribution in [2.45, 2.75) is 18.9 Å². The van der Waals surface area contributed by atoms with Gasteiger partial charge < -0.3 is 10.1 Å². The lowest BCUT2D eigenvalue weighted by Crippen LogP contribution is -2.22. The lowest BCUT2D eigenvalue weighted by Gasteiger charge is -2.10. The number of halogens is 2.